The van der Waals surface area contributed by atoms with Crippen molar-refractivity contribution in [1.82, 2.24) is 9.55 Å². The maximum Gasteiger partial charge on any atom is 0.200 e. The smallest absolute Gasteiger partial charge is 0.200 e. The van der Waals surface area contributed by atoms with Crippen LogP contribution >= 0.6 is 11.3 Å². The molecule has 0 atom stereocenters. The minimum absolute atomic E-state index is 0.00348. The highest BCUT2D eigenvalue weighted by molar-refractivity contribution is 7.13. The average Bonchev–Trinajstić information content (AvgIpc) is 3.13. The molecule has 0 saturated heterocycles. The standard InChI is InChI=1S/C18H14N2O2S/c1-20-13-4-3-5-15(22-2)16(13)17(21)12-7-6-11(10-14(12)20)18-19-8-9-23-18/h3-10H,1-2H3. The minimum atomic E-state index is -0.00348. The summed E-state index contributed by atoms with van der Waals surface area (Å²) in [4.78, 5) is 17.3. The van der Waals surface area contributed by atoms with Crippen LogP contribution in [0.2, 0.25) is 0 Å². The van der Waals surface area contributed by atoms with Gasteiger partial charge in [-0.2, -0.15) is 0 Å². The van der Waals surface area contributed by atoms with E-state index >= 15 is 0 Å². The summed E-state index contributed by atoms with van der Waals surface area (Å²) in [5.41, 5.74) is 2.77. The largest absolute Gasteiger partial charge is 0.496 e. The monoisotopic (exact) mass is 322 g/mol. The number of aromatic nitrogens is 2. The van der Waals surface area contributed by atoms with E-state index in [0.717, 1.165) is 21.6 Å². The van der Waals surface area contributed by atoms with E-state index in [2.05, 4.69) is 4.98 Å². The lowest BCUT2D eigenvalue weighted by Crippen LogP contribution is -2.10. The molecule has 2 heterocycles. The first kappa shape index (κ1) is 14.0. The summed E-state index contributed by atoms with van der Waals surface area (Å²) in [7, 11) is 3.55. The molecule has 23 heavy (non-hydrogen) atoms. The number of pyridine rings is 1. The fourth-order valence-electron chi connectivity index (χ4n) is 2.96. The number of nitrogens with zero attached hydrogens (tertiary/aromatic N) is 2. The molecule has 4 nitrogen and oxygen atoms in total. The van der Waals surface area contributed by atoms with Crippen LogP contribution in [0.5, 0.6) is 5.75 Å². The van der Waals surface area contributed by atoms with Crippen LogP contribution < -0.4 is 10.2 Å². The summed E-state index contributed by atoms with van der Waals surface area (Å²) in [5, 5.41) is 4.20. The molecule has 0 unspecified atom stereocenters. The van der Waals surface area contributed by atoms with E-state index in [1.165, 1.54) is 0 Å². The molecule has 0 spiro atoms. The molecule has 2 aromatic carbocycles. The molecule has 4 aromatic rings. The third-order valence-corrected chi connectivity index (χ3v) is 4.92. The average molecular weight is 322 g/mol. The van der Waals surface area contributed by atoms with Crippen LogP contribution in [-0.2, 0) is 7.05 Å². The molecule has 0 radical (unpaired) electrons. The molecule has 0 bridgehead atoms. The van der Waals surface area contributed by atoms with E-state index in [-0.39, 0.29) is 5.43 Å². The van der Waals surface area contributed by atoms with E-state index < -0.39 is 0 Å². The third-order valence-electron chi connectivity index (χ3n) is 4.10. The van der Waals surface area contributed by atoms with Crippen molar-refractivity contribution in [3.63, 3.8) is 0 Å². The lowest BCUT2D eigenvalue weighted by molar-refractivity contribution is 0.419. The van der Waals surface area contributed by atoms with Crippen molar-refractivity contribution in [2.45, 2.75) is 0 Å². The summed E-state index contributed by atoms with van der Waals surface area (Å²) < 4.78 is 7.41. The van der Waals surface area contributed by atoms with E-state index in [9.17, 15) is 4.79 Å². The number of fused-ring (bicyclic) bond motifs is 2. The van der Waals surface area contributed by atoms with Crippen LogP contribution in [-0.4, -0.2) is 16.7 Å². The molecule has 0 saturated carbocycles. The summed E-state index contributed by atoms with van der Waals surface area (Å²) >= 11 is 1.59. The van der Waals surface area contributed by atoms with Gasteiger partial charge in [-0.05, 0) is 24.3 Å². The predicted molar refractivity (Wildman–Crippen MR) is 94.4 cm³/mol. The van der Waals surface area contributed by atoms with Crippen LogP contribution in [0.4, 0.5) is 0 Å². The van der Waals surface area contributed by atoms with Gasteiger partial charge >= 0.3 is 0 Å². The normalized spacial score (nSPS) is 11.2. The Balaban J connectivity index is 2.14. The first-order chi connectivity index (χ1) is 11.2. The SMILES string of the molecule is COc1cccc2c1c(=O)c1ccc(-c3nccs3)cc1n2C. The number of thiazole rings is 1. The van der Waals surface area contributed by atoms with E-state index in [1.807, 2.05) is 53.4 Å². The van der Waals surface area contributed by atoms with Crippen molar-refractivity contribution in [1.29, 1.82) is 0 Å². The molecule has 0 fully saturated rings. The predicted octanol–water partition coefficient (Wildman–Crippen LogP) is 3.82. The summed E-state index contributed by atoms with van der Waals surface area (Å²) in [6, 6.07) is 11.5. The molecule has 5 heteroatoms. The van der Waals surface area contributed by atoms with Crippen molar-refractivity contribution in [3.8, 4) is 16.3 Å². The highest BCUT2D eigenvalue weighted by Gasteiger charge is 2.13. The van der Waals surface area contributed by atoms with Crippen LogP contribution in [0.25, 0.3) is 32.4 Å². The van der Waals surface area contributed by atoms with Gasteiger partial charge in [0.1, 0.15) is 10.8 Å². The molecular weight excluding hydrogens is 308 g/mol. The second kappa shape index (κ2) is 5.21. The van der Waals surface area contributed by atoms with Gasteiger partial charge < -0.3 is 9.30 Å². The number of ether oxygens (including phenoxy) is 1. The van der Waals surface area contributed by atoms with Gasteiger partial charge in [0.15, 0.2) is 0 Å². The molecular formula is C18H14N2O2S. The second-order valence-electron chi connectivity index (χ2n) is 5.31. The van der Waals surface area contributed by atoms with Crippen molar-refractivity contribution in [2.24, 2.45) is 7.05 Å². The maximum absolute atomic E-state index is 12.9. The number of hydrogen-bond acceptors (Lipinski definition) is 4. The van der Waals surface area contributed by atoms with Gasteiger partial charge in [-0.1, -0.05) is 12.1 Å². The Bertz CT molecular complexity index is 1080. The number of hydrogen-bond donors (Lipinski definition) is 0. The molecule has 114 valence electrons. The zero-order chi connectivity index (χ0) is 16.0. The fourth-order valence-corrected chi connectivity index (χ4v) is 3.60. The van der Waals surface area contributed by atoms with Crippen LogP contribution in [0.15, 0.2) is 52.8 Å². The number of rotatable bonds is 2. The van der Waals surface area contributed by atoms with Gasteiger partial charge in [0, 0.05) is 29.6 Å². The first-order valence-electron chi connectivity index (χ1n) is 7.20. The Labute approximate surface area is 136 Å². The zero-order valence-corrected chi connectivity index (χ0v) is 13.6. The third kappa shape index (κ3) is 2.04. The Kier molecular flexibility index (Phi) is 3.16. The van der Waals surface area contributed by atoms with Gasteiger partial charge in [0.25, 0.3) is 0 Å². The Morgan fingerprint density at radius 3 is 2.78 bits per heavy atom. The summed E-state index contributed by atoms with van der Waals surface area (Å²) in [5.74, 6) is 0.606. The highest BCUT2D eigenvalue weighted by atomic mass is 32.1. The molecule has 0 amide bonds. The van der Waals surface area contributed by atoms with Gasteiger partial charge in [-0.3, -0.25) is 4.79 Å². The second-order valence-corrected chi connectivity index (χ2v) is 6.21. The van der Waals surface area contributed by atoms with Gasteiger partial charge in [-0.15, -0.1) is 11.3 Å². The van der Waals surface area contributed by atoms with Crippen LogP contribution in [0.1, 0.15) is 0 Å². The lowest BCUT2D eigenvalue weighted by atomic mass is 10.1. The molecule has 0 aliphatic carbocycles. The topological polar surface area (TPSA) is 44.1 Å². The van der Waals surface area contributed by atoms with Gasteiger partial charge in [0.2, 0.25) is 5.43 Å². The van der Waals surface area contributed by atoms with E-state index in [4.69, 9.17) is 4.74 Å². The zero-order valence-electron chi connectivity index (χ0n) is 12.7. The quantitative estimate of drug-likeness (QED) is 0.527. The molecule has 0 aliphatic heterocycles. The summed E-state index contributed by atoms with van der Waals surface area (Å²) in [6.45, 7) is 0. The molecule has 4 rings (SSSR count). The first-order valence-corrected chi connectivity index (χ1v) is 8.08. The van der Waals surface area contributed by atoms with Crippen molar-refractivity contribution in [3.05, 3.63) is 58.2 Å². The van der Waals surface area contributed by atoms with Crippen molar-refractivity contribution in [2.75, 3.05) is 7.11 Å². The van der Waals surface area contributed by atoms with E-state index in [0.29, 0.717) is 16.5 Å². The summed E-state index contributed by atoms with van der Waals surface area (Å²) in [6.07, 6.45) is 1.79. The molecule has 0 N–H and O–H groups in total. The van der Waals surface area contributed by atoms with Crippen LogP contribution in [0, 0.1) is 0 Å². The molecule has 0 aliphatic rings. The lowest BCUT2D eigenvalue weighted by Gasteiger charge is -2.13. The van der Waals surface area contributed by atoms with E-state index in [1.54, 1.807) is 24.6 Å². The maximum atomic E-state index is 12.9. The van der Waals surface area contributed by atoms with Gasteiger partial charge in [-0.25, -0.2) is 4.98 Å². The number of methoxy groups -OCH3 is 1. The minimum Gasteiger partial charge on any atom is -0.496 e. The fraction of sp³-hybridized carbons (Fsp3) is 0.111. The number of benzene rings is 2. The molecule has 2 aromatic heterocycles. The van der Waals surface area contributed by atoms with Crippen molar-refractivity contribution >= 4 is 33.1 Å². The Hall–Kier alpha value is -2.66. The number of aryl methyl sites for hydroxylation is 1. The van der Waals surface area contributed by atoms with Crippen LogP contribution in [0.3, 0.4) is 0 Å². The Morgan fingerprint density at radius 2 is 2.04 bits per heavy atom. The van der Waals surface area contributed by atoms with Crippen molar-refractivity contribution < 1.29 is 4.74 Å². The van der Waals surface area contributed by atoms with Gasteiger partial charge in [0.05, 0.1) is 23.5 Å². The Morgan fingerprint density at radius 1 is 1.17 bits per heavy atom. The highest BCUT2D eigenvalue weighted by Crippen LogP contribution is 2.29.